The molecule has 0 aliphatic heterocycles. The first-order valence-corrected chi connectivity index (χ1v) is 13.4. The van der Waals surface area contributed by atoms with Crippen molar-refractivity contribution in [2.45, 2.75) is 82.3 Å². The molecule has 1 amide bonds. The fraction of sp³-hybridized carbons (Fsp3) is 0.545. The Hall–Kier alpha value is -1.52. The van der Waals surface area contributed by atoms with E-state index in [4.69, 9.17) is 11.6 Å². The first-order chi connectivity index (χ1) is 14.9. The van der Waals surface area contributed by atoms with Gasteiger partial charge in [-0.3, -0.25) is 4.79 Å². The van der Waals surface area contributed by atoms with Crippen LogP contribution in [0.2, 0.25) is 5.02 Å². The van der Waals surface area contributed by atoms with Crippen molar-refractivity contribution in [3.8, 4) is 0 Å². The summed E-state index contributed by atoms with van der Waals surface area (Å²) in [6.07, 6.45) is 5.22. The fourth-order valence-electron chi connectivity index (χ4n) is 3.15. The van der Waals surface area contributed by atoms with Crippen LogP contribution in [0, 0.1) is 0 Å². The molecule has 0 radical (unpaired) electrons. The number of nitrogens with zero attached hydrogens (tertiary/aromatic N) is 1. The van der Waals surface area contributed by atoms with Crippen molar-refractivity contribution < 1.29 is 18.3 Å². The van der Waals surface area contributed by atoms with E-state index >= 15 is 0 Å². The number of rotatable bonds is 12. The summed E-state index contributed by atoms with van der Waals surface area (Å²) >= 11 is 7.21. The third-order valence-electron chi connectivity index (χ3n) is 4.98. The summed E-state index contributed by atoms with van der Waals surface area (Å²) < 4.78 is 27.9. The van der Waals surface area contributed by atoms with Crippen molar-refractivity contribution in [1.29, 1.82) is 0 Å². The molecule has 178 valence electrons. The number of amides is 1. The van der Waals surface area contributed by atoms with E-state index in [9.17, 15) is 18.3 Å². The predicted molar refractivity (Wildman–Crippen MR) is 130 cm³/mol. The van der Waals surface area contributed by atoms with Gasteiger partial charge in [0.05, 0.1) is 10.5 Å². The van der Waals surface area contributed by atoms with E-state index in [1.807, 2.05) is 6.92 Å². The Morgan fingerprint density at radius 3 is 2.50 bits per heavy atom. The molecule has 2 rings (SSSR count). The van der Waals surface area contributed by atoms with Crippen LogP contribution < -0.4 is 10.0 Å². The number of carbonyl (C=O) groups excluding carboxylic acids is 1. The summed E-state index contributed by atoms with van der Waals surface area (Å²) in [5.41, 5.74) is -0.680. The predicted octanol–water partition coefficient (Wildman–Crippen LogP) is 4.93. The van der Waals surface area contributed by atoms with Crippen LogP contribution in [0.1, 0.15) is 70.6 Å². The molecule has 0 fully saturated rings. The number of aromatic nitrogens is 1. The molecule has 32 heavy (non-hydrogen) atoms. The van der Waals surface area contributed by atoms with Gasteiger partial charge in [0.15, 0.2) is 5.13 Å². The van der Waals surface area contributed by atoms with Gasteiger partial charge in [0.2, 0.25) is 15.9 Å². The van der Waals surface area contributed by atoms with E-state index in [2.05, 4.69) is 21.9 Å². The highest BCUT2D eigenvalue weighted by Crippen LogP contribution is 2.30. The Balaban J connectivity index is 2.01. The SMILES string of the molecule is CCC[C@H](NS(=O)(=O)c1ccc(Cl)cc1)C(=O)Nc1ncc(C(C)CCCC(C)(C)O)s1. The summed E-state index contributed by atoms with van der Waals surface area (Å²) in [5, 5.41) is 13.5. The van der Waals surface area contributed by atoms with Gasteiger partial charge < -0.3 is 10.4 Å². The number of benzene rings is 1. The molecular weight excluding hydrogens is 470 g/mol. The van der Waals surface area contributed by atoms with Gasteiger partial charge in [-0.1, -0.05) is 31.9 Å². The average Bonchev–Trinajstić information content (AvgIpc) is 3.15. The molecular formula is C22H32ClN3O4S2. The lowest BCUT2D eigenvalue weighted by Gasteiger charge is -2.18. The van der Waals surface area contributed by atoms with E-state index in [1.54, 1.807) is 20.0 Å². The monoisotopic (exact) mass is 501 g/mol. The number of anilines is 1. The first-order valence-electron chi connectivity index (χ1n) is 10.7. The van der Waals surface area contributed by atoms with Crippen LogP contribution in [0.15, 0.2) is 35.4 Å². The third kappa shape index (κ3) is 8.44. The average molecular weight is 502 g/mol. The Kier molecular flexibility index (Phi) is 9.66. The zero-order valence-electron chi connectivity index (χ0n) is 18.9. The smallest absolute Gasteiger partial charge is 0.244 e. The summed E-state index contributed by atoms with van der Waals surface area (Å²) in [7, 11) is -3.87. The van der Waals surface area contributed by atoms with Crippen molar-refractivity contribution in [3.63, 3.8) is 0 Å². The van der Waals surface area contributed by atoms with Crippen LogP contribution >= 0.6 is 22.9 Å². The second-order valence-electron chi connectivity index (χ2n) is 8.58. The van der Waals surface area contributed by atoms with E-state index in [0.29, 0.717) is 29.4 Å². The molecule has 1 aromatic heterocycles. The standard InChI is InChI=1S/C22H32ClN3O4S2/c1-5-7-18(26-32(29,30)17-11-9-16(23)10-12-17)20(27)25-21-24-14-19(31-21)15(2)8-6-13-22(3,4)28/h9-12,14-15,18,26,28H,5-8,13H2,1-4H3,(H,24,25,27)/t15?,18-/m0/s1. The zero-order chi connectivity index (χ0) is 23.9. The molecule has 0 bridgehead atoms. The summed E-state index contributed by atoms with van der Waals surface area (Å²) in [6.45, 7) is 7.56. The van der Waals surface area contributed by atoms with Gasteiger partial charge in [-0.2, -0.15) is 4.72 Å². The van der Waals surface area contributed by atoms with Crippen molar-refractivity contribution >= 4 is 44.0 Å². The normalized spacial score (nSPS) is 14.2. The van der Waals surface area contributed by atoms with Gasteiger partial charge in [-0.25, -0.2) is 13.4 Å². The highest BCUT2D eigenvalue weighted by Gasteiger charge is 2.26. The molecule has 0 spiro atoms. The van der Waals surface area contributed by atoms with Crippen LogP contribution in [0.4, 0.5) is 5.13 Å². The van der Waals surface area contributed by atoms with Crippen molar-refractivity contribution in [3.05, 3.63) is 40.4 Å². The number of hydrogen-bond acceptors (Lipinski definition) is 6. The molecule has 0 saturated heterocycles. The number of nitrogens with one attached hydrogen (secondary N) is 2. The molecule has 1 aromatic carbocycles. The molecule has 7 nitrogen and oxygen atoms in total. The van der Waals surface area contributed by atoms with Gasteiger partial charge in [0.25, 0.3) is 0 Å². The molecule has 2 aromatic rings. The van der Waals surface area contributed by atoms with Gasteiger partial charge in [0.1, 0.15) is 6.04 Å². The number of halogens is 1. The number of aliphatic hydroxyl groups is 1. The lowest BCUT2D eigenvalue weighted by molar-refractivity contribution is -0.117. The molecule has 1 unspecified atom stereocenters. The topological polar surface area (TPSA) is 108 Å². The Morgan fingerprint density at radius 1 is 1.25 bits per heavy atom. The van der Waals surface area contributed by atoms with Crippen LogP contribution in [0.25, 0.3) is 0 Å². The first kappa shape index (κ1) is 26.7. The van der Waals surface area contributed by atoms with Crippen LogP contribution in [-0.4, -0.2) is 36.1 Å². The highest BCUT2D eigenvalue weighted by atomic mass is 35.5. The van der Waals surface area contributed by atoms with Crippen molar-refractivity contribution in [2.75, 3.05) is 5.32 Å². The molecule has 2 atom stereocenters. The van der Waals surface area contributed by atoms with E-state index in [1.165, 1.54) is 35.6 Å². The largest absolute Gasteiger partial charge is 0.390 e. The second kappa shape index (κ2) is 11.6. The maximum Gasteiger partial charge on any atom is 0.244 e. The number of sulfonamides is 1. The van der Waals surface area contributed by atoms with E-state index < -0.39 is 27.6 Å². The Labute approximate surface area is 199 Å². The van der Waals surface area contributed by atoms with Gasteiger partial charge in [0, 0.05) is 16.1 Å². The minimum Gasteiger partial charge on any atom is -0.390 e. The van der Waals surface area contributed by atoms with Crippen LogP contribution in [0.3, 0.4) is 0 Å². The van der Waals surface area contributed by atoms with Crippen molar-refractivity contribution in [2.24, 2.45) is 0 Å². The minimum absolute atomic E-state index is 0.0484. The minimum atomic E-state index is -3.87. The molecule has 0 aliphatic carbocycles. The second-order valence-corrected chi connectivity index (χ2v) is 11.8. The molecule has 3 N–H and O–H groups in total. The molecule has 0 aliphatic rings. The summed E-state index contributed by atoms with van der Waals surface area (Å²) in [5.74, 6) is -0.199. The quantitative estimate of drug-likeness (QED) is 0.382. The zero-order valence-corrected chi connectivity index (χ0v) is 21.3. The Bertz CT molecular complexity index is 985. The van der Waals surface area contributed by atoms with Gasteiger partial charge >= 0.3 is 0 Å². The van der Waals surface area contributed by atoms with E-state index in [0.717, 1.165) is 17.7 Å². The third-order valence-corrected chi connectivity index (χ3v) is 7.86. The molecule has 1 heterocycles. The number of thiazole rings is 1. The molecule has 10 heteroatoms. The maximum absolute atomic E-state index is 12.8. The molecule has 0 saturated carbocycles. The lowest BCUT2D eigenvalue weighted by atomic mass is 9.96. The summed E-state index contributed by atoms with van der Waals surface area (Å²) in [6, 6.07) is 4.86. The fourth-order valence-corrected chi connectivity index (χ4v) is 5.41. The maximum atomic E-state index is 12.8. The Morgan fingerprint density at radius 2 is 1.91 bits per heavy atom. The van der Waals surface area contributed by atoms with Gasteiger partial charge in [-0.15, -0.1) is 11.3 Å². The lowest BCUT2D eigenvalue weighted by Crippen LogP contribution is -2.43. The van der Waals surface area contributed by atoms with Gasteiger partial charge in [-0.05, 0) is 69.7 Å². The van der Waals surface area contributed by atoms with Crippen LogP contribution in [0.5, 0.6) is 0 Å². The highest BCUT2D eigenvalue weighted by molar-refractivity contribution is 7.89. The number of hydrogen-bond donors (Lipinski definition) is 3. The summed E-state index contributed by atoms with van der Waals surface area (Å²) in [4.78, 5) is 18.2. The van der Waals surface area contributed by atoms with Crippen LogP contribution in [-0.2, 0) is 14.8 Å². The van der Waals surface area contributed by atoms with E-state index in [-0.39, 0.29) is 10.8 Å². The number of carbonyl (C=O) groups is 1. The van der Waals surface area contributed by atoms with Crippen molar-refractivity contribution in [1.82, 2.24) is 9.71 Å².